The van der Waals surface area contributed by atoms with Crippen molar-refractivity contribution >= 4 is 33.2 Å². The molecule has 0 aromatic heterocycles. The molecule has 1 aliphatic rings. The summed E-state index contributed by atoms with van der Waals surface area (Å²) in [5.41, 5.74) is 1.60. The summed E-state index contributed by atoms with van der Waals surface area (Å²) >= 11 is 0. The first-order chi connectivity index (χ1) is 15.8. The Bertz CT molecular complexity index is 1040. The molecule has 2 N–H and O–H groups in total. The minimum atomic E-state index is -3.52. The Balaban J connectivity index is 1.62. The van der Waals surface area contributed by atoms with E-state index in [1.54, 1.807) is 40.7 Å². The van der Waals surface area contributed by atoms with Gasteiger partial charge in [-0.2, -0.15) is 4.31 Å². The number of carbonyl (C=O) groups is 2. The molecule has 33 heavy (non-hydrogen) atoms. The van der Waals surface area contributed by atoms with Crippen LogP contribution in [0.2, 0.25) is 0 Å². The van der Waals surface area contributed by atoms with Crippen molar-refractivity contribution in [2.24, 2.45) is 5.92 Å². The van der Waals surface area contributed by atoms with Crippen LogP contribution < -0.4 is 10.6 Å². The molecule has 0 atom stereocenters. The van der Waals surface area contributed by atoms with Gasteiger partial charge in [0.15, 0.2) is 0 Å². The molecule has 0 radical (unpaired) electrons. The van der Waals surface area contributed by atoms with Crippen LogP contribution in [-0.4, -0.2) is 37.6 Å². The Hall–Kier alpha value is -2.71. The second kappa shape index (κ2) is 11.4. The van der Waals surface area contributed by atoms with Gasteiger partial charge in [-0.25, -0.2) is 8.42 Å². The zero-order valence-corrected chi connectivity index (χ0v) is 20.2. The van der Waals surface area contributed by atoms with E-state index in [4.69, 9.17) is 0 Å². The van der Waals surface area contributed by atoms with Gasteiger partial charge in [0.25, 0.3) is 5.91 Å². The molecule has 0 aliphatic carbocycles. The summed E-state index contributed by atoms with van der Waals surface area (Å²) in [7, 11) is -3.52. The predicted molar refractivity (Wildman–Crippen MR) is 131 cm³/mol. The molecule has 2 amide bonds. The molecule has 1 heterocycles. The molecular weight excluding hydrogens is 438 g/mol. The van der Waals surface area contributed by atoms with E-state index in [0.717, 1.165) is 38.5 Å². The van der Waals surface area contributed by atoms with Crippen LogP contribution in [0.15, 0.2) is 53.4 Å². The third-order valence-corrected chi connectivity index (χ3v) is 8.00. The summed E-state index contributed by atoms with van der Waals surface area (Å²) < 4.78 is 27.3. The first-order valence-electron chi connectivity index (χ1n) is 11.7. The first-order valence-corrected chi connectivity index (χ1v) is 13.1. The number of hydrogen-bond donors (Lipinski definition) is 2. The van der Waals surface area contributed by atoms with E-state index in [1.807, 2.05) is 13.8 Å². The lowest BCUT2D eigenvalue weighted by Crippen LogP contribution is -2.31. The fraction of sp³-hybridized carbons (Fsp3) is 0.440. The van der Waals surface area contributed by atoms with E-state index in [0.29, 0.717) is 30.0 Å². The van der Waals surface area contributed by atoms with E-state index in [2.05, 4.69) is 10.6 Å². The normalized spacial score (nSPS) is 15.1. The maximum Gasteiger partial charge on any atom is 0.255 e. The monoisotopic (exact) mass is 471 g/mol. The Morgan fingerprint density at radius 3 is 1.88 bits per heavy atom. The number of benzene rings is 2. The number of hydrogen-bond acceptors (Lipinski definition) is 4. The van der Waals surface area contributed by atoms with Gasteiger partial charge in [-0.3, -0.25) is 9.59 Å². The molecule has 2 aromatic rings. The molecular formula is C25H33N3O4S. The van der Waals surface area contributed by atoms with Crippen molar-refractivity contribution in [2.75, 3.05) is 23.7 Å². The highest BCUT2D eigenvalue weighted by atomic mass is 32.2. The van der Waals surface area contributed by atoms with Gasteiger partial charge in [-0.1, -0.05) is 26.7 Å². The number of carbonyl (C=O) groups excluding carboxylic acids is 2. The van der Waals surface area contributed by atoms with E-state index < -0.39 is 10.0 Å². The summed E-state index contributed by atoms with van der Waals surface area (Å²) in [6.45, 7) is 5.07. The average Bonchev–Trinajstić information content (AvgIpc) is 3.11. The predicted octanol–water partition coefficient (Wildman–Crippen LogP) is 4.88. The van der Waals surface area contributed by atoms with Crippen LogP contribution in [0.5, 0.6) is 0 Å². The van der Waals surface area contributed by atoms with Crippen molar-refractivity contribution in [2.45, 2.75) is 57.3 Å². The molecule has 8 heteroatoms. The van der Waals surface area contributed by atoms with Crippen LogP contribution in [-0.2, 0) is 14.8 Å². The molecule has 1 saturated heterocycles. The molecule has 178 valence electrons. The van der Waals surface area contributed by atoms with Crippen LogP contribution in [0.3, 0.4) is 0 Å². The summed E-state index contributed by atoms with van der Waals surface area (Å²) in [5.74, 6) is -0.359. The number of nitrogens with zero attached hydrogens (tertiary/aromatic N) is 1. The maximum absolute atomic E-state index is 12.9. The lowest BCUT2D eigenvalue weighted by atomic mass is 10.0. The smallest absolute Gasteiger partial charge is 0.255 e. The number of amides is 2. The van der Waals surface area contributed by atoms with Gasteiger partial charge in [-0.05, 0) is 74.2 Å². The number of nitrogens with one attached hydrogen (secondary N) is 2. The van der Waals surface area contributed by atoms with Gasteiger partial charge in [0, 0.05) is 35.9 Å². The molecule has 0 bridgehead atoms. The van der Waals surface area contributed by atoms with Gasteiger partial charge in [0.05, 0.1) is 4.90 Å². The molecule has 1 aliphatic heterocycles. The minimum Gasteiger partial charge on any atom is -0.326 e. The van der Waals surface area contributed by atoms with Gasteiger partial charge in [-0.15, -0.1) is 0 Å². The number of sulfonamides is 1. The van der Waals surface area contributed by atoms with Crippen molar-refractivity contribution in [1.29, 1.82) is 0 Å². The van der Waals surface area contributed by atoms with Crippen LogP contribution in [0.4, 0.5) is 11.4 Å². The van der Waals surface area contributed by atoms with Crippen LogP contribution in [0, 0.1) is 5.92 Å². The molecule has 0 spiro atoms. The van der Waals surface area contributed by atoms with Crippen molar-refractivity contribution in [1.82, 2.24) is 4.31 Å². The Morgan fingerprint density at radius 2 is 1.33 bits per heavy atom. The van der Waals surface area contributed by atoms with E-state index in [1.165, 1.54) is 12.1 Å². The van der Waals surface area contributed by atoms with Crippen molar-refractivity contribution in [3.8, 4) is 0 Å². The van der Waals surface area contributed by atoms with E-state index >= 15 is 0 Å². The average molecular weight is 472 g/mol. The second-order valence-corrected chi connectivity index (χ2v) is 10.3. The highest BCUT2D eigenvalue weighted by molar-refractivity contribution is 7.89. The standard InChI is InChI=1S/C25H33N3O4S/c1-3-19(4-2)24(29)26-21-11-9-20(10-12-21)25(30)27-22-13-15-23(16-14-22)33(31,32)28-17-7-5-6-8-18-28/h9-16,19H,3-8,17-18H2,1-2H3,(H,26,29)(H,27,30). The lowest BCUT2D eigenvalue weighted by molar-refractivity contribution is -0.120. The highest BCUT2D eigenvalue weighted by Crippen LogP contribution is 2.22. The van der Waals surface area contributed by atoms with E-state index in [9.17, 15) is 18.0 Å². The highest BCUT2D eigenvalue weighted by Gasteiger charge is 2.25. The van der Waals surface area contributed by atoms with Crippen molar-refractivity contribution < 1.29 is 18.0 Å². The third-order valence-electron chi connectivity index (χ3n) is 6.09. The minimum absolute atomic E-state index is 0.0209. The maximum atomic E-state index is 12.9. The second-order valence-electron chi connectivity index (χ2n) is 8.38. The Kier molecular flexibility index (Phi) is 8.63. The summed E-state index contributed by atoms with van der Waals surface area (Å²) in [4.78, 5) is 25.0. The Morgan fingerprint density at radius 1 is 0.818 bits per heavy atom. The molecule has 7 nitrogen and oxygen atoms in total. The zero-order chi connectivity index (χ0) is 23.8. The van der Waals surface area contributed by atoms with E-state index in [-0.39, 0.29) is 22.6 Å². The van der Waals surface area contributed by atoms with Gasteiger partial charge in [0.1, 0.15) is 0 Å². The largest absolute Gasteiger partial charge is 0.326 e. The molecule has 0 unspecified atom stereocenters. The van der Waals surface area contributed by atoms with Crippen LogP contribution in [0.1, 0.15) is 62.7 Å². The number of rotatable bonds is 8. The lowest BCUT2D eigenvalue weighted by Gasteiger charge is -2.20. The SMILES string of the molecule is CCC(CC)C(=O)Nc1ccc(C(=O)Nc2ccc(S(=O)(=O)N3CCCCCC3)cc2)cc1. The first kappa shape index (κ1) is 24.9. The summed E-state index contributed by atoms with van der Waals surface area (Å²) in [6.07, 6.45) is 5.44. The van der Waals surface area contributed by atoms with Gasteiger partial charge >= 0.3 is 0 Å². The summed E-state index contributed by atoms with van der Waals surface area (Å²) in [5, 5.41) is 5.67. The van der Waals surface area contributed by atoms with Crippen LogP contribution >= 0.6 is 0 Å². The van der Waals surface area contributed by atoms with Gasteiger partial charge in [0.2, 0.25) is 15.9 Å². The van der Waals surface area contributed by atoms with Crippen LogP contribution in [0.25, 0.3) is 0 Å². The van der Waals surface area contributed by atoms with Crippen molar-refractivity contribution in [3.05, 3.63) is 54.1 Å². The van der Waals surface area contributed by atoms with Crippen molar-refractivity contribution in [3.63, 3.8) is 0 Å². The van der Waals surface area contributed by atoms with Gasteiger partial charge < -0.3 is 10.6 Å². The number of anilines is 2. The third kappa shape index (κ3) is 6.42. The fourth-order valence-electron chi connectivity index (χ4n) is 3.95. The quantitative estimate of drug-likeness (QED) is 0.574. The Labute approximate surface area is 196 Å². The zero-order valence-electron chi connectivity index (χ0n) is 19.3. The fourth-order valence-corrected chi connectivity index (χ4v) is 5.47. The topological polar surface area (TPSA) is 95.6 Å². The molecule has 2 aromatic carbocycles. The summed E-state index contributed by atoms with van der Waals surface area (Å²) in [6, 6.07) is 13.0. The molecule has 0 saturated carbocycles. The molecule has 1 fully saturated rings. The molecule has 3 rings (SSSR count).